The van der Waals surface area contributed by atoms with Gasteiger partial charge in [0, 0.05) is 4.47 Å². The Morgan fingerprint density at radius 3 is 2.39 bits per heavy atom. The van der Waals surface area contributed by atoms with Crippen LogP contribution in [0.1, 0.15) is 34.6 Å². The molecule has 0 amide bonds. The minimum absolute atomic E-state index is 0.106. The summed E-state index contributed by atoms with van der Waals surface area (Å²) in [6.45, 7) is 4.24. The minimum atomic E-state index is -0.106. The normalized spacial score (nSPS) is 12.4. The number of halogens is 2. The number of hydrogen-bond acceptors (Lipinski definition) is 0. The van der Waals surface area contributed by atoms with E-state index in [1.807, 2.05) is 0 Å². The van der Waals surface area contributed by atoms with Gasteiger partial charge in [0.1, 0.15) is 0 Å². The fourth-order valence-corrected chi connectivity index (χ4v) is 2.89. The molecule has 0 aliphatic rings. The van der Waals surface area contributed by atoms with Crippen LogP contribution in [0.15, 0.2) is 46.9 Å². The molecule has 0 heterocycles. The van der Waals surface area contributed by atoms with E-state index in [2.05, 4.69) is 72.2 Å². The summed E-state index contributed by atoms with van der Waals surface area (Å²) in [5.41, 5.74) is 4.83. The molecule has 0 aliphatic heterocycles. The topological polar surface area (TPSA) is 0 Å². The van der Waals surface area contributed by atoms with E-state index in [1.54, 1.807) is 0 Å². The van der Waals surface area contributed by atoms with E-state index >= 15 is 0 Å². The van der Waals surface area contributed by atoms with Gasteiger partial charge in [-0.2, -0.15) is 0 Å². The van der Waals surface area contributed by atoms with Gasteiger partial charge in [0.05, 0.1) is 5.38 Å². The first-order valence-corrected chi connectivity index (χ1v) is 7.33. The van der Waals surface area contributed by atoms with Crippen molar-refractivity contribution in [2.24, 2.45) is 0 Å². The first-order valence-electron chi connectivity index (χ1n) is 6.10. The van der Waals surface area contributed by atoms with Gasteiger partial charge in [0.25, 0.3) is 0 Å². The van der Waals surface area contributed by atoms with Crippen molar-refractivity contribution in [1.29, 1.82) is 0 Å². The Kier molecular flexibility index (Phi) is 4.47. The summed E-state index contributed by atoms with van der Waals surface area (Å²) in [6.07, 6.45) is 1.06. The molecule has 0 nitrogen and oxygen atoms in total. The zero-order valence-electron chi connectivity index (χ0n) is 10.6. The summed E-state index contributed by atoms with van der Waals surface area (Å²) >= 11 is 10.1. The van der Waals surface area contributed by atoms with Crippen molar-refractivity contribution in [1.82, 2.24) is 0 Å². The van der Waals surface area contributed by atoms with Crippen LogP contribution in [0.5, 0.6) is 0 Å². The van der Waals surface area contributed by atoms with Gasteiger partial charge in [-0.25, -0.2) is 0 Å². The third kappa shape index (κ3) is 2.96. The van der Waals surface area contributed by atoms with Crippen LogP contribution < -0.4 is 0 Å². The third-order valence-electron chi connectivity index (χ3n) is 3.11. The highest BCUT2D eigenvalue weighted by Crippen LogP contribution is 2.34. The third-order valence-corrected chi connectivity index (χ3v) is 4.31. The first-order chi connectivity index (χ1) is 8.61. The van der Waals surface area contributed by atoms with Gasteiger partial charge in [0.2, 0.25) is 0 Å². The molecule has 2 aromatic carbocycles. The van der Waals surface area contributed by atoms with E-state index in [0.717, 1.165) is 22.0 Å². The average Bonchev–Trinajstić information content (AvgIpc) is 2.41. The summed E-state index contributed by atoms with van der Waals surface area (Å²) in [6, 6.07) is 14.8. The summed E-state index contributed by atoms with van der Waals surface area (Å²) in [5.74, 6) is 0. The van der Waals surface area contributed by atoms with Gasteiger partial charge in [-0.1, -0.05) is 64.8 Å². The summed E-state index contributed by atoms with van der Waals surface area (Å²) in [5, 5.41) is -0.106. The molecule has 0 aromatic heterocycles. The van der Waals surface area contributed by atoms with Crippen molar-refractivity contribution < 1.29 is 0 Å². The Morgan fingerprint density at radius 1 is 1.11 bits per heavy atom. The van der Waals surface area contributed by atoms with E-state index in [9.17, 15) is 0 Å². The molecule has 1 unspecified atom stereocenters. The van der Waals surface area contributed by atoms with Crippen LogP contribution in [0.4, 0.5) is 0 Å². The van der Waals surface area contributed by atoms with Crippen molar-refractivity contribution >= 4 is 27.5 Å². The standard InChI is InChI=1S/C16H16BrCl/c1-3-12-5-7-13(8-6-12)16(18)14-10-11(2)4-9-15(14)17/h4-10,16H,3H2,1-2H3. The van der Waals surface area contributed by atoms with Crippen LogP contribution in [0.3, 0.4) is 0 Å². The Hall–Kier alpha value is -0.790. The summed E-state index contributed by atoms with van der Waals surface area (Å²) in [4.78, 5) is 0. The maximum Gasteiger partial charge on any atom is 0.0846 e. The van der Waals surface area contributed by atoms with Crippen molar-refractivity contribution in [3.63, 3.8) is 0 Å². The van der Waals surface area contributed by atoms with Crippen molar-refractivity contribution in [2.45, 2.75) is 25.6 Å². The molecule has 0 saturated heterocycles. The van der Waals surface area contributed by atoms with Crippen molar-refractivity contribution in [2.75, 3.05) is 0 Å². The Morgan fingerprint density at radius 2 is 1.78 bits per heavy atom. The number of aryl methyl sites for hydroxylation is 2. The fourth-order valence-electron chi connectivity index (χ4n) is 1.96. The molecule has 94 valence electrons. The number of rotatable bonds is 3. The number of benzene rings is 2. The smallest absolute Gasteiger partial charge is 0.0846 e. The van der Waals surface area contributed by atoms with Gasteiger partial charge >= 0.3 is 0 Å². The molecule has 0 spiro atoms. The summed E-state index contributed by atoms with van der Waals surface area (Å²) < 4.78 is 1.06. The highest BCUT2D eigenvalue weighted by atomic mass is 79.9. The largest absolute Gasteiger partial charge is 0.113 e. The fraction of sp³-hybridized carbons (Fsp3) is 0.250. The van der Waals surface area contributed by atoms with Crippen LogP contribution >= 0.6 is 27.5 Å². The Bertz CT molecular complexity index is 531. The molecule has 1 atom stereocenters. The van der Waals surface area contributed by atoms with Crippen LogP contribution in [-0.4, -0.2) is 0 Å². The second-order valence-corrected chi connectivity index (χ2v) is 5.77. The van der Waals surface area contributed by atoms with Gasteiger partial charge in [-0.15, -0.1) is 11.6 Å². The molecular weight excluding hydrogens is 308 g/mol. The molecule has 2 heteroatoms. The molecule has 0 fully saturated rings. The van der Waals surface area contributed by atoms with Gasteiger partial charge < -0.3 is 0 Å². The first kappa shape index (κ1) is 13.6. The molecule has 0 radical (unpaired) electrons. The van der Waals surface area contributed by atoms with E-state index in [4.69, 9.17) is 11.6 Å². The zero-order valence-corrected chi connectivity index (χ0v) is 12.9. The lowest BCUT2D eigenvalue weighted by Gasteiger charge is -2.13. The van der Waals surface area contributed by atoms with E-state index in [1.165, 1.54) is 11.1 Å². The second kappa shape index (κ2) is 5.90. The lowest BCUT2D eigenvalue weighted by molar-refractivity contribution is 1.09. The lowest BCUT2D eigenvalue weighted by Crippen LogP contribution is -1.95. The quantitative estimate of drug-likeness (QED) is 0.640. The molecule has 18 heavy (non-hydrogen) atoms. The van der Waals surface area contributed by atoms with Crippen LogP contribution in [0.2, 0.25) is 0 Å². The predicted molar refractivity (Wildman–Crippen MR) is 82.4 cm³/mol. The lowest BCUT2D eigenvalue weighted by atomic mass is 10.0. The molecule has 0 bridgehead atoms. The maximum absolute atomic E-state index is 6.57. The van der Waals surface area contributed by atoms with Crippen molar-refractivity contribution in [3.8, 4) is 0 Å². The molecular formula is C16H16BrCl. The van der Waals surface area contributed by atoms with Crippen LogP contribution in [0, 0.1) is 6.92 Å². The van der Waals surface area contributed by atoms with Crippen LogP contribution in [-0.2, 0) is 6.42 Å². The number of hydrogen-bond donors (Lipinski definition) is 0. The van der Waals surface area contributed by atoms with E-state index in [-0.39, 0.29) is 5.38 Å². The van der Waals surface area contributed by atoms with Gasteiger partial charge in [0.15, 0.2) is 0 Å². The monoisotopic (exact) mass is 322 g/mol. The van der Waals surface area contributed by atoms with E-state index in [0.29, 0.717) is 0 Å². The summed E-state index contributed by atoms with van der Waals surface area (Å²) in [7, 11) is 0. The molecule has 0 aliphatic carbocycles. The molecule has 0 N–H and O–H groups in total. The second-order valence-electron chi connectivity index (χ2n) is 4.48. The zero-order chi connectivity index (χ0) is 13.1. The van der Waals surface area contributed by atoms with Crippen molar-refractivity contribution in [3.05, 3.63) is 69.2 Å². The highest BCUT2D eigenvalue weighted by molar-refractivity contribution is 9.10. The predicted octanol–water partition coefficient (Wildman–Crippen LogP) is 5.65. The minimum Gasteiger partial charge on any atom is -0.113 e. The van der Waals surface area contributed by atoms with Gasteiger partial charge in [-0.3, -0.25) is 0 Å². The van der Waals surface area contributed by atoms with E-state index < -0.39 is 0 Å². The Labute approximate surface area is 122 Å². The molecule has 2 rings (SSSR count). The highest BCUT2D eigenvalue weighted by Gasteiger charge is 2.13. The molecule has 2 aromatic rings. The van der Waals surface area contributed by atoms with Crippen LogP contribution in [0.25, 0.3) is 0 Å². The Balaban J connectivity index is 2.34. The SMILES string of the molecule is CCc1ccc(C(Cl)c2cc(C)ccc2Br)cc1. The average molecular weight is 324 g/mol. The maximum atomic E-state index is 6.57. The number of alkyl halides is 1. The molecule has 0 saturated carbocycles. The van der Waals surface area contributed by atoms with Gasteiger partial charge in [-0.05, 0) is 36.1 Å².